The van der Waals surface area contributed by atoms with Crippen LogP contribution in [-0.4, -0.2) is 404 Å². The number of hydrogen-bond acceptors (Lipinski definition) is 40. The van der Waals surface area contributed by atoms with Crippen LogP contribution in [0.2, 0.25) is 0 Å². The first-order chi connectivity index (χ1) is 65.2. The SMILES string of the molecule is CCCCCCC(=O)NCCOc1cc(C(=O)NCCCCCC(=O)NCCCCCC(=O)NCCO[C@H]2OC(CO[C@H]3CC(C(=O)OC)[C@@H](C(=O)OC)CC3O[C@@H]3OC(CO)[C@@H](O)[C@H](O)C3O)[C@@H](O)[C@H](O)C2O)cc(C(=O)NCCCCCC(=O)NCCCCCC(=O)NCCO[C@H]2OC(CO[C@H]3CC(C(=O)OC)[C@@H](C(=O)OC)CC3O[C@@H]3OC(CO)[C@@H](O)[C@H](O)C3O)[C@@H](O)[C@H](O)C2O)c1. The Labute approximate surface area is 788 Å². The third kappa shape index (κ3) is 36.4. The van der Waals surface area contributed by atoms with E-state index < -0.39 is 233 Å². The number of esters is 4. The summed E-state index contributed by atoms with van der Waals surface area (Å²) in [4.78, 5) is 142. The number of unbranched alkanes of at least 4 members (excludes halogenated alkanes) is 11. The number of carbonyl (C=O) groups excluding carboxylic acids is 11. The Hall–Kier alpha value is -7.77. The minimum atomic E-state index is -1.85. The van der Waals surface area contributed by atoms with E-state index in [4.69, 9.17) is 71.1 Å². The molecule has 1 aromatic carbocycles. The van der Waals surface area contributed by atoms with E-state index in [9.17, 15) is 124 Å². The fraction of sp³-hybridized carbons (Fsp3) is 0.809. The van der Waals surface area contributed by atoms with Crippen molar-refractivity contribution in [1.29, 1.82) is 0 Å². The molecule has 7 rings (SSSR count). The highest BCUT2D eigenvalue weighted by Gasteiger charge is 2.55. The van der Waals surface area contributed by atoms with Crippen LogP contribution in [0.15, 0.2) is 18.2 Å². The van der Waals surface area contributed by atoms with Crippen LogP contribution in [0, 0.1) is 23.7 Å². The summed E-state index contributed by atoms with van der Waals surface area (Å²) < 4.78 is 84.0. The molecule has 6 fully saturated rings. The van der Waals surface area contributed by atoms with Crippen LogP contribution in [0.5, 0.6) is 5.75 Å². The summed E-state index contributed by atoms with van der Waals surface area (Å²) in [6.07, 6.45) is -27.5. The van der Waals surface area contributed by atoms with Crippen molar-refractivity contribution in [1.82, 2.24) is 37.2 Å². The normalized spacial score (nSPS) is 30.6. The van der Waals surface area contributed by atoms with Crippen molar-refractivity contribution in [3.8, 4) is 5.75 Å². The average Bonchev–Trinajstić information content (AvgIpc) is 0.782. The standard InChI is InChI=1S/C89H145N7O40/c1-6-7-8-13-22-65(101)92-31-34-126-50-38-48(80(116)95-29-20-11-16-23-63(99)90-27-18-9-14-25-66(102)93-32-35-127-86-76(112)74(110)70(106)61(135-86)46-129-55-40-51(82(118)122-2)53(84(120)124-4)42-57(55)131-88-78(114)72(108)68(104)59(44-97)133-88)37-49(39-50)81(117)96-30-21-12-17-24-64(100)91-28-19-10-15-26-67(103)94-33-36-128-87-77(113)75(111)71(107)62(136-87)47-130-56-41-52(83(119)123-3)54(85(121)125-5)43-58(56)132-89-79(115)73(109)69(105)60(45-98)134-89/h37-39,51-62,68-79,86-89,97-98,104-115H,6-36,40-47H2,1-5H3,(H,90,99)(H,91,100)(H,92,101)(H,93,102)(H,94,103)(H,95,116)(H,96,117)/t51?,52?,53-,54-,55-,56-,57?,58?,59?,60?,61?,62?,68+,69+,70+,71+,72-,73-,74-,75-,76?,77?,78?,79?,86-,87-,88+,89+/m0/s1. The zero-order valence-electron chi connectivity index (χ0n) is 77.9. The molecule has 4 aliphatic heterocycles. The smallest absolute Gasteiger partial charge is 0.309 e. The molecule has 2 saturated carbocycles. The quantitative estimate of drug-likeness (QED) is 0.0165. The lowest BCUT2D eigenvalue weighted by Crippen LogP contribution is -2.61. The van der Waals surface area contributed by atoms with Gasteiger partial charge in [0.25, 0.3) is 11.8 Å². The molecule has 28 atom stereocenters. The molecule has 0 bridgehead atoms. The lowest BCUT2D eigenvalue weighted by molar-refractivity contribution is -0.326. The molecule has 0 radical (unpaired) electrons. The number of hydrogen-bond donors (Lipinski definition) is 21. The predicted molar refractivity (Wildman–Crippen MR) is 467 cm³/mol. The number of aliphatic hydroxyl groups excluding tert-OH is 14. The molecule has 1 aromatic rings. The van der Waals surface area contributed by atoms with Gasteiger partial charge in [-0.25, -0.2) is 0 Å². The predicted octanol–water partition coefficient (Wildman–Crippen LogP) is -5.15. The lowest BCUT2D eigenvalue weighted by atomic mass is 9.76. The van der Waals surface area contributed by atoms with Crippen LogP contribution >= 0.6 is 0 Å². The van der Waals surface area contributed by atoms with E-state index in [1.54, 1.807) is 0 Å². The molecule has 2 aliphatic carbocycles. The molecular weight excluding hydrogens is 1810 g/mol. The highest BCUT2D eigenvalue weighted by molar-refractivity contribution is 6.00. The monoisotopic (exact) mass is 1950 g/mol. The molecule has 0 aromatic heterocycles. The van der Waals surface area contributed by atoms with E-state index in [1.165, 1.54) is 18.2 Å². The summed E-state index contributed by atoms with van der Waals surface area (Å²) in [6, 6.07) is 4.46. The van der Waals surface area contributed by atoms with Gasteiger partial charge in [-0.05, 0) is 102 Å². The molecule has 0 spiro atoms. The van der Waals surface area contributed by atoms with Crippen molar-refractivity contribution in [3.63, 3.8) is 0 Å². The first-order valence-electron chi connectivity index (χ1n) is 47.0. The van der Waals surface area contributed by atoms with Gasteiger partial charge in [0.15, 0.2) is 25.2 Å². The topological polar surface area (TPSA) is 694 Å². The van der Waals surface area contributed by atoms with Crippen molar-refractivity contribution in [3.05, 3.63) is 29.3 Å². The molecule has 4 heterocycles. The van der Waals surface area contributed by atoms with Gasteiger partial charge < -0.3 is 180 Å². The minimum Gasteiger partial charge on any atom is -0.492 e. The third-order valence-electron chi connectivity index (χ3n) is 24.7. The Morgan fingerprint density at radius 1 is 0.309 bits per heavy atom. The van der Waals surface area contributed by atoms with Crippen LogP contribution in [0.3, 0.4) is 0 Å². The number of ether oxygens (including phenoxy) is 15. The van der Waals surface area contributed by atoms with Crippen LogP contribution in [0.4, 0.5) is 0 Å². The summed E-state index contributed by atoms with van der Waals surface area (Å²) in [5.41, 5.74) is 0.317. The second-order valence-corrected chi connectivity index (χ2v) is 34.6. The highest BCUT2D eigenvalue weighted by Crippen LogP contribution is 2.41. The van der Waals surface area contributed by atoms with Crippen molar-refractivity contribution >= 4 is 65.2 Å². The van der Waals surface area contributed by atoms with E-state index in [0.29, 0.717) is 96.6 Å². The number of benzene rings is 1. The first kappa shape index (κ1) is 115. The van der Waals surface area contributed by atoms with Gasteiger partial charge >= 0.3 is 23.9 Å². The minimum absolute atomic E-state index is 0.0416. The number of carbonyl (C=O) groups is 11. The second-order valence-electron chi connectivity index (χ2n) is 34.6. The number of aliphatic hydroxyl groups is 14. The molecule has 47 heteroatoms. The van der Waals surface area contributed by atoms with Crippen molar-refractivity contribution in [2.24, 2.45) is 23.7 Å². The van der Waals surface area contributed by atoms with Crippen molar-refractivity contribution in [2.75, 3.05) is 121 Å². The van der Waals surface area contributed by atoms with Gasteiger partial charge in [0, 0.05) is 82.5 Å². The molecule has 7 amide bonds. The summed E-state index contributed by atoms with van der Waals surface area (Å²) in [5, 5.41) is 167. The third-order valence-corrected chi connectivity index (χ3v) is 24.7. The Morgan fingerprint density at radius 2 is 0.588 bits per heavy atom. The molecular formula is C89H145N7O40. The molecule has 6 aliphatic rings. The van der Waals surface area contributed by atoms with E-state index in [1.807, 2.05) is 0 Å². The Morgan fingerprint density at radius 3 is 0.904 bits per heavy atom. The van der Waals surface area contributed by atoms with Gasteiger partial charge in [-0.15, -0.1) is 0 Å². The fourth-order valence-electron chi connectivity index (χ4n) is 16.7. The summed E-state index contributed by atoms with van der Waals surface area (Å²) >= 11 is 0. The van der Waals surface area contributed by atoms with Crippen molar-refractivity contribution in [2.45, 2.75) is 315 Å². The van der Waals surface area contributed by atoms with Gasteiger partial charge in [-0.3, -0.25) is 52.7 Å². The number of nitrogens with one attached hydrogen (secondary N) is 7. The number of rotatable bonds is 59. The van der Waals surface area contributed by atoms with Gasteiger partial charge in [0.2, 0.25) is 29.5 Å². The fourth-order valence-corrected chi connectivity index (χ4v) is 16.7. The highest BCUT2D eigenvalue weighted by atomic mass is 16.7. The van der Waals surface area contributed by atoms with E-state index in [2.05, 4.69) is 44.1 Å². The zero-order chi connectivity index (χ0) is 99.5. The van der Waals surface area contributed by atoms with E-state index >= 15 is 0 Å². The molecule has 776 valence electrons. The van der Waals surface area contributed by atoms with Crippen LogP contribution < -0.4 is 42.0 Å². The van der Waals surface area contributed by atoms with E-state index in [-0.39, 0.29) is 150 Å². The van der Waals surface area contributed by atoms with Gasteiger partial charge in [-0.2, -0.15) is 0 Å². The maximum Gasteiger partial charge on any atom is 0.309 e. The Kier molecular flexibility index (Phi) is 51.7. The van der Waals surface area contributed by atoms with Gasteiger partial charge in [-0.1, -0.05) is 51.9 Å². The molecule has 47 nitrogen and oxygen atoms in total. The molecule has 21 N–H and O–H groups in total. The lowest BCUT2D eigenvalue weighted by Gasteiger charge is -2.45. The first-order valence-corrected chi connectivity index (χ1v) is 47.0. The van der Waals surface area contributed by atoms with Crippen LogP contribution in [-0.2, 0) is 109 Å². The second kappa shape index (κ2) is 61.0. The summed E-state index contributed by atoms with van der Waals surface area (Å²) in [7, 11) is 4.44. The summed E-state index contributed by atoms with van der Waals surface area (Å²) in [5.74, 6) is -9.58. The maximum atomic E-state index is 13.6. The summed E-state index contributed by atoms with van der Waals surface area (Å²) in [6.45, 7) is 0.501. The Bertz CT molecular complexity index is 3590. The van der Waals surface area contributed by atoms with Gasteiger partial charge in [0.05, 0.1) is 123 Å². The van der Waals surface area contributed by atoms with E-state index in [0.717, 1.165) is 54.1 Å². The maximum absolute atomic E-state index is 13.6. The molecule has 136 heavy (non-hydrogen) atoms. The van der Waals surface area contributed by atoms with Crippen LogP contribution in [0.25, 0.3) is 0 Å². The largest absolute Gasteiger partial charge is 0.492 e. The number of methoxy groups -OCH3 is 4. The van der Waals surface area contributed by atoms with Gasteiger partial charge in [0.1, 0.15) is 110 Å². The molecule has 12 unspecified atom stereocenters. The average molecular weight is 1950 g/mol. The Balaban J connectivity index is 0.732. The zero-order valence-corrected chi connectivity index (χ0v) is 77.9. The van der Waals surface area contributed by atoms with Crippen LogP contribution in [0.1, 0.15) is 188 Å². The number of amides is 7. The van der Waals surface area contributed by atoms with Crippen molar-refractivity contribution < 1.29 is 195 Å². The molecule has 4 saturated heterocycles.